The number of esters is 1. The van der Waals surface area contributed by atoms with Crippen molar-refractivity contribution in [2.24, 2.45) is 0 Å². The van der Waals surface area contributed by atoms with Gasteiger partial charge in [-0.25, -0.2) is 19.6 Å². The molecule has 1 atom stereocenters. The minimum Gasteiger partial charge on any atom is -0.477 e. The predicted molar refractivity (Wildman–Crippen MR) is 101 cm³/mol. The van der Waals surface area contributed by atoms with E-state index in [0.717, 1.165) is 11.8 Å². The van der Waals surface area contributed by atoms with Crippen LogP contribution >= 0.6 is 11.6 Å². The maximum Gasteiger partial charge on any atom is 0.347 e. The Labute approximate surface area is 162 Å². The van der Waals surface area contributed by atoms with Crippen LogP contribution in [0.3, 0.4) is 0 Å². The molecule has 0 bridgehead atoms. The number of rotatable bonds is 8. The lowest BCUT2D eigenvalue weighted by Gasteiger charge is -2.11. The number of hydrogen-bond acceptors (Lipinski definition) is 6. The molecule has 1 aromatic carbocycles. The summed E-state index contributed by atoms with van der Waals surface area (Å²) in [6.45, 7) is 3.53. The Hall–Kier alpha value is -2.93. The van der Waals surface area contributed by atoms with Crippen molar-refractivity contribution in [2.75, 3.05) is 5.32 Å². The van der Waals surface area contributed by atoms with Gasteiger partial charge in [0.25, 0.3) is 0 Å². The zero-order valence-electron chi connectivity index (χ0n) is 15.0. The van der Waals surface area contributed by atoms with E-state index in [1.54, 1.807) is 13.0 Å². The topological polar surface area (TPSA) is 101 Å². The van der Waals surface area contributed by atoms with Crippen molar-refractivity contribution in [3.05, 3.63) is 64.8 Å². The fourth-order valence-corrected chi connectivity index (χ4v) is 2.26. The van der Waals surface area contributed by atoms with Gasteiger partial charge in [-0.05, 0) is 31.0 Å². The third-order valence-corrected chi connectivity index (χ3v) is 3.91. The molecule has 1 aromatic heterocycles. The van der Waals surface area contributed by atoms with Crippen LogP contribution in [-0.4, -0.2) is 33.1 Å². The van der Waals surface area contributed by atoms with E-state index in [0.29, 0.717) is 29.4 Å². The number of benzene rings is 1. The SMILES string of the molecule is CCC(C)OC(=O)C(=CNc1cnc(Cc2cccc(Cl)c2)nc1)C(=O)O. The number of carbonyl (C=O) groups excluding carboxylic acids is 1. The molecule has 0 fully saturated rings. The van der Waals surface area contributed by atoms with Crippen molar-refractivity contribution in [3.8, 4) is 0 Å². The summed E-state index contributed by atoms with van der Waals surface area (Å²) < 4.78 is 5.04. The minimum atomic E-state index is -1.38. The number of ether oxygens (including phenoxy) is 1. The summed E-state index contributed by atoms with van der Waals surface area (Å²) in [6, 6.07) is 7.40. The molecule has 2 N–H and O–H groups in total. The molecule has 2 aromatic rings. The molecule has 0 aliphatic heterocycles. The van der Waals surface area contributed by atoms with Gasteiger partial charge in [0.15, 0.2) is 5.57 Å². The quantitative estimate of drug-likeness (QED) is 0.308. The fraction of sp³-hybridized carbons (Fsp3) is 0.263. The second kappa shape index (κ2) is 9.68. The lowest BCUT2D eigenvalue weighted by Crippen LogP contribution is -2.21. The van der Waals surface area contributed by atoms with Crippen LogP contribution in [0.2, 0.25) is 5.02 Å². The third-order valence-electron chi connectivity index (χ3n) is 3.67. The summed E-state index contributed by atoms with van der Waals surface area (Å²) in [5.74, 6) is -1.70. The highest BCUT2D eigenvalue weighted by molar-refractivity contribution is 6.30. The number of aliphatic carboxylic acids is 1. The maximum atomic E-state index is 11.9. The number of anilines is 1. The van der Waals surface area contributed by atoms with Gasteiger partial charge in [0, 0.05) is 17.6 Å². The average Bonchev–Trinajstić information content (AvgIpc) is 2.63. The molecular weight excluding hydrogens is 370 g/mol. The molecule has 142 valence electrons. The first kappa shape index (κ1) is 20.4. The Morgan fingerprint density at radius 2 is 2.04 bits per heavy atom. The Morgan fingerprint density at radius 1 is 1.33 bits per heavy atom. The van der Waals surface area contributed by atoms with Gasteiger partial charge in [-0.1, -0.05) is 30.7 Å². The summed E-state index contributed by atoms with van der Waals surface area (Å²) in [7, 11) is 0. The lowest BCUT2D eigenvalue weighted by atomic mass is 10.1. The highest BCUT2D eigenvalue weighted by Crippen LogP contribution is 2.14. The highest BCUT2D eigenvalue weighted by atomic mass is 35.5. The van der Waals surface area contributed by atoms with Crippen molar-refractivity contribution in [3.63, 3.8) is 0 Å². The second-order valence-corrected chi connectivity index (χ2v) is 6.26. The molecule has 0 spiro atoms. The number of hydrogen-bond donors (Lipinski definition) is 2. The van der Waals surface area contributed by atoms with E-state index in [4.69, 9.17) is 16.3 Å². The number of carbonyl (C=O) groups is 2. The van der Waals surface area contributed by atoms with Crippen molar-refractivity contribution in [2.45, 2.75) is 32.8 Å². The van der Waals surface area contributed by atoms with Crippen molar-refractivity contribution < 1.29 is 19.4 Å². The summed E-state index contributed by atoms with van der Waals surface area (Å²) in [4.78, 5) is 31.6. The van der Waals surface area contributed by atoms with Gasteiger partial charge < -0.3 is 15.2 Å². The van der Waals surface area contributed by atoms with E-state index >= 15 is 0 Å². The molecule has 0 saturated carbocycles. The standard InChI is InChI=1S/C19H20ClN3O4/c1-3-12(2)27-19(26)16(18(24)25)11-21-15-9-22-17(23-10-15)8-13-5-4-6-14(20)7-13/h4-7,9-12,21H,3,8H2,1-2H3,(H,24,25). The molecule has 1 heterocycles. The molecule has 0 radical (unpaired) electrons. The normalized spacial score (nSPS) is 12.3. The molecule has 27 heavy (non-hydrogen) atoms. The molecule has 0 aliphatic rings. The zero-order valence-corrected chi connectivity index (χ0v) is 15.7. The van der Waals surface area contributed by atoms with E-state index in [9.17, 15) is 14.7 Å². The van der Waals surface area contributed by atoms with Crippen LogP contribution in [0.15, 0.2) is 48.4 Å². The van der Waals surface area contributed by atoms with Crippen molar-refractivity contribution in [1.82, 2.24) is 9.97 Å². The van der Waals surface area contributed by atoms with Gasteiger partial charge in [-0.3, -0.25) is 0 Å². The Kier molecular flexibility index (Phi) is 7.31. The first-order chi connectivity index (χ1) is 12.9. The smallest absolute Gasteiger partial charge is 0.347 e. The van der Waals surface area contributed by atoms with Gasteiger partial charge in [-0.15, -0.1) is 0 Å². The van der Waals surface area contributed by atoms with E-state index in [1.165, 1.54) is 12.4 Å². The van der Waals surface area contributed by atoms with Crippen LogP contribution in [0.5, 0.6) is 0 Å². The summed E-state index contributed by atoms with van der Waals surface area (Å²) in [6.07, 6.45) is 4.81. The summed E-state index contributed by atoms with van der Waals surface area (Å²) in [5.41, 5.74) is 0.919. The average molecular weight is 390 g/mol. The van der Waals surface area contributed by atoms with Crippen LogP contribution < -0.4 is 5.32 Å². The number of nitrogens with one attached hydrogen (secondary N) is 1. The molecule has 0 saturated heterocycles. The third kappa shape index (κ3) is 6.38. The van der Waals surface area contributed by atoms with Crippen molar-refractivity contribution in [1.29, 1.82) is 0 Å². The first-order valence-electron chi connectivity index (χ1n) is 8.35. The van der Waals surface area contributed by atoms with Crippen molar-refractivity contribution >= 4 is 29.2 Å². The maximum absolute atomic E-state index is 11.9. The molecule has 0 amide bonds. The predicted octanol–water partition coefficient (Wildman–Crippen LogP) is 3.44. The number of nitrogens with zero attached hydrogens (tertiary/aromatic N) is 2. The number of carboxylic acids is 1. The number of carboxylic acid groups (broad SMARTS) is 1. The van der Waals surface area contributed by atoms with E-state index < -0.39 is 17.5 Å². The van der Waals surface area contributed by atoms with Crippen LogP contribution in [0.25, 0.3) is 0 Å². The fourth-order valence-electron chi connectivity index (χ4n) is 2.04. The zero-order chi connectivity index (χ0) is 19.8. The highest BCUT2D eigenvalue weighted by Gasteiger charge is 2.20. The first-order valence-corrected chi connectivity index (χ1v) is 8.73. The van der Waals surface area contributed by atoms with E-state index in [-0.39, 0.29) is 6.10 Å². The lowest BCUT2D eigenvalue weighted by molar-refractivity contribution is -0.147. The molecule has 1 unspecified atom stereocenters. The monoisotopic (exact) mass is 389 g/mol. The molecule has 0 aliphatic carbocycles. The number of halogens is 1. The summed E-state index contributed by atoms with van der Waals surface area (Å²) in [5, 5.41) is 12.5. The van der Waals surface area contributed by atoms with Gasteiger partial charge in [0.1, 0.15) is 5.82 Å². The molecule has 7 nitrogen and oxygen atoms in total. The summed E-state index contributed by atoms with van der Waals surface area (Å²) >= 11 is 5.96. The molecular formula is C19H20ClN3O4. The number of aromatic nitrogens is 2. The Bertz CT molecular complexity index is 837. The largest absolute Gasteiger partial charge is 0.477 e. The molecule has 8 heteroatoms. The second-order valence-electron chi connectivity index (χ2n) is 5.83. The van der Waals surface area contributed by atoms with Crippen LogP contribution in [0, 0.1) is 0 Å². The van der Waals surface area contributed by atoms with E-state index in [1.807, 2.05) is 25.1 Å². The van der Waals surface area contributed by atoms with Crippen LogP contribution in [0.4, 0.5) is 5.69 Å². The Balaban J connectivity index is 2.04. The van der Waals surface area contributed by atoms with Gasteiger partial charge in [0.2, 0.25) is 0 Å². The molecule has 2 rings (SSSR count). The van der Waals surface area contributed by atoms with Gasteiger partial charge >= 0.3 is 11.9 Å². The van der Waals surface area contributed by atoms with Crippen LogP contribution in [-0.2, 0) is 20.7 Å². The van der Waals surface area contributed by atoms with Gasteiger partial charge in [-0.2, -0.15) is 0 Å². The van der Waals surface area contributed by atoms with Crippen LogP contribution in [0.1, 0.15) is 31.7 Å². The van der Waals surface area contributed by atoms with E-state index in [2.05, 4.69) is 15.3 Å². The minimum absolute atomic E-state index is 0.366. The van der Waals surface area contributed by atoms with Gasteiger partial charge in [0.05, 0.1) is 24.2 Å². The Morgan fingerprint density at radius 3 is 2.63 bits per heavy atom.